The molecule has 3 nitrogen and oxygen atoms in total. The van der Waals surface area contributed by atoms with Crippen LogP contribution in [-0.4, -0.2) is 13.1 Å². The second-order valence-corrected chi connectivity index (χ2v) is 6.28. The largest absolute Gasteiger partial charge is 0.467 e. The molecule has 1 aliphatic carbocycles. The number of nitrogens with zero attached hydrogens (tertiary/aromatic N) is 1. The van der Waals surface area contributed by atoms with Crippen LogP contribution >= 0.6 is 15.9 Å². The van der Waals surface area contributed by atoms with Crippen molar-refractivity contribution in [2.75, 3.05) is 11.9 Å². The number of halogens is 1. The fraction of sp³-hybridized carbons (Fsp3) is 0.375. The lowest BCUT2D eigenvalue weighted by molar-refractivity contribution is 0.507. The summed E-state index contributed by atoms with van der Waals surface area (Å²) in [5.74, 6) is 0.983. The molecule has 0 saturated heterocycles. The zero-order chi connectivity index (χ0) is 13.9. The van der Waals surface area contributed by atoms with Crippen LogP contribution in [-0.2, 0) is 13.1 Å². The Kier molecular flexibility index (Phi) is 4.13. The SMILES string of the molecule is CN(Cc1ccco1)c1ccc(Br)cc1CNC1CC1. The summed E-state index contributed by atoms with van der Waals surface area (Å²) in [5.41, 5.74) is 2.57. The van der Waals surface area contributed by atoms with Crippen LogP contribution in [0, 0.1) is 0 Å². The maximum Gasteiger partial charge on any atom is 0.123 e. The number of rotatable bonds is 6. The van der Waals surface area contributed by atoms with Crippen molar-refractivity contribution in [2.24, 2.45) is 0 Å². The molecule has 1 saturated carbocycles. The summed E-state index contributed by atoms with van der Waals surface area (Å²) in [4.78, 5) is 2.23. The molecule has 0 atom stereocenters. The van der Waals surface area contributed by atoms with Gasteiger partial charge in [0.2, 0.25) is 0 Å². The fourth-order valence-corrected chi connectivity index (χ4v) is 2.74. The molecule has 0 radical (unpaired) electrons. The molecule has 1 aliphatic rings. The lowest BCUT2D eigenvalue weighted by Crippen LogP contribution is -2.21. The maximum atomic E-state index is 5.43. The van der Waals surface area contributed by atoms with Gasteiger partial charge in [-0.05, 0) is 48.7 Å². The zero-order valence-electron chi connectivity index (χ0n) is 11.6. The van der Waals surface area contributed by atoms with Gasteiger partial charge in [-0.15, -0.1) is 0 Å². The lowest BCUT2D eigenvalue weighted by atomic mass is 10.1. The van der Waals surface area contributed by atoms with Crippen LogP contribution in [0.4, 0.5) is 5.69 Å². The minimum atomic E-state index is 0.720. The molecule has 1 N–H and O–H groups in total. The van der Waals surface area contributed by atoms with Crippen LogP contribution in [0.3, 0.4) is 0 Å². The number of furan rings is 1. The van der Waals surface area contributed by atoms with E-state index >= 15 is 0 Å². The first-order valence-corrected chi connectivity index (χ1v) is 7.77. The van der Waals surface area contributed by atoms with Crippen molar-refractivity contribution in [1.82, 2.24) is 5.32 Å². The van der Waals surface area contributed by atoms with Gasteiger partial charge in [-0.3, -0.25) is 0 Å². The van der Waals surface area contributed by atoms with Gasteiger partial charge in [0.1, 0.15) is 5.76 Å². The van der Waals surface area contributed by atoms with E-state index in [2.05, 4.69) is 51.4 Å². The van der Waals surface area contributed by atoms with Crippen molar-refractivity contribution >= 4 is 21.6 Å². The average Bonchev–Trinajstić information content (AvgIpc) is 3.13. The summed E-state index contributed by atoms with van der Waals surface area (Å²) in [5, 5.41) is 3.58. The van der Waals surface area contributed by atoms with E-state index in [1.54, 1.807) is 6.26 Å². The lowest BCUT2D eigenvalue weighted by Gasteiger charge is -2.22. The molecule has 3 rings (SSSR count). The molecule has 4 heteroatoms. The van der Waals surface area contributed by atoms with E-state index in [4.69, 9.17) is 4.42 Å². The van der Waals surface area contributed by atoms with Gasteiger partial charge < -0.3 is 14.6 Å². The van der Waals surface area contributed by atoms with E-state index in [1.165, 1.54) is 24.1 Å². The van der Waals surface area contributed by atoms with E-state index in [0.29, 0.717) is 0 Å². The third-order valence-electron chi connectivity index (χ3n) is 3.58. The molecule has 106 valence electrons. The van der Waals surface area contributed by atoms with Gasteiger partial charge in [0.05, 0.1) is 12.8 Å². The third-order valence-corrected chi connectivity index (χ3v) is 4.08. The number of benzene rings is 1. The van der Waals surface area contributed by atoms with E-state index in [0.717, 1.165) is 29.4 Å². The second kappa shape index (κ2) is 6.02. The van der Waals surface area contributed by atoms with Gasteiger partial charge in [-0.2, -0.15) is 0 Å². The van der Waals surface area contributed by atoms with Gasteiger partial charge in [0.25, 0.3) is 0 Å². The van der Waals surface area contributed by atoms with Crippen LogP contribution in [0.25, 0.3) is 0 Å². The molecular weight excluding hydrogens is 316 g/mol. The van der Waals surface area contributed by atoms with Crippen molar-refractivity contribution in [3.8, 4) is 0 Å². The van der Waals surface area contributed by atoms with Crippen molar-refractivity contribution < 1.29 is 4.42 Å². The summed E-state index contributed by atoms with van der Waals surface area (Å²) >= 11 is 3.56. The number of hydrogen-bond donors (Lipinski definition) is 1. The molecule has 0 bridgehead atoms. The van der Waals surface area contributed by atoms with Gasteiger partial charge in [0.15, 0.2) is 0 Å². The fourth-order valence-electron chi connectivity index (χ4n) is 2.33. The predicted molar refractivity (Wildman–Crippen MR) is 84.8 cm³/mol. The highest BCUT2D eigenvalue weighted by Crippen LogP contribution is 2.27. The Morgan fingerprint density at radius 3 is 2.90 bits per heavy atom. The number of anilines is 1. The zero-order valence-corrected chi connectivity index (χ0v) is 13.2. The molecule has 1 aromatic carbocycles. The summed E-state index contributed by atoms with van der Waals surface area (Å²) in [7, 11) is 2.10. The molecule has 2 aromatic rings. The minimum Gasteiger partial charge on any atom is -0.467 e. The molecule has 0 amide bonds. The van der Waals surface area contributed by atoms with Gasteiger partial charge in [-0.25, -0.2) is 0 Å². The Hall–Kier alpha value is -1.26. The predicted octanol–water partition coefficient (Wildman–Crippen LogP) is 3.93. The van der Waals surface area contributed by atoms with Crippen molar-refractivity contribution in [3.05, 3.63) is 52.4 Å². The first-order valence-electron chi connectivity index (χ1n) is 6.98. The van der Waals surface area contributed by atoms with E-state index < -0.39 is 0 Å². The second-order valence-electron chi connectivity index (χ2n) is 5.36. The Bertz CT molecular complexity index is 564. The molecule has 1 fully saturated rings. The van der Waals surface area contributed by atoms with Crippen LogP contribution in [0.2, 0.25) is 0 Å². The number of nitrogens with one attached hydrogen (secondary N) is 1. The van der Waals surface area contributed by atoms with Crippen molar-refractivity contribution in [2.45, 2.75) is 32.0 Å². The Labute approximate surface area is 128 Å². The highest BCUT2D eigenvalue weighted by Gasteiger charge is 2.21. The Morgan fingerprint density at radius 2 is 2.20 bits per heavy atom. The van der Waals surface area contributed by atoms with Gasteiger partial charge in [0, 0.05) is 29.8 Å². The normalized spacial score (nSPS) is 14.5. The topological polar surface area (TPSA) is 28.4 Å². The van der Waals surface area contributed by atoms with Crippen LogP contribution in [0.1, 0.15) is 24.2 Å². The van der Waals surface area contributed by atoms with E-state index in [-0.39, 0.29) is 0 Å². The van der Waals surface area contributed by atoms with E-state index in [1.807, 2.05) is 12.1 Å². The summed E-state index contributed by atoms with van der Waals surface area (Å²) < 4.78 is 6.56. The van der Waals surface area contributed by atoms with Crippen LogP contribution in [0.15, 0.2) is 45.5 Å². The quantitative estimate of drug-likeness (QED) is 0.867. The Morgan fingerprint density at radius 1 is 1.35 bits per heavy atom. The monoisotopic (exact) mass is 334 g/mol. The smallest absolute Gasteiger partial charge is 0.123 e. The molecular formula is C16H19BrN2O. The Balaban J connectivity index is 1.75. The third kappa shape index (κ3) is 3.44. The summed E-state index contributed by atoms with van der Waals surface area (Å²) in [6, 6.07) is 11.1. The molecule has 20 heavy (non-hydrogen) atoms. The molecule has 0 spiro atoms. The van der Waals surface area contributed by atoms with Crippen molar-refractivity contribution in [3.63, 3.8) is 0 Å². The van der Waals surface area contributed by atoms with Gasteiger partial charge >= 0.3 is 0 Å². The highest BCUT2D eigenvalue weighted by molar-refractivity contribution is 9.10. The average molecular weight is 335 g/mol. The maximum absolute atomic E-state index is 5.43. The minimum absolute atomic E-state index is 0.720. The molecule has 0 aliphatic heterocycles. The van der Waals surface area contributed by atoms with Crippen molar-refractivity contribution in [1.29, 1.82) is 0 Å². The first-order chi connectivity index (χ1) is 9.72. The standard InChI is InChI=1S/C16H19BrN2O/c1-19(11-15-3-2-8-20-15)16-7-4-13(17)9-12(16)10-18-14-5-6-14/h2-4,7-9,14,18H,5-6,10-11H2,1H3. The van der Waals surface area contributed by atoms with Gasteiger partial charge in [-0.1, -0.05) is 15.9 Å². The summed E-state index contributed by atoms with van der Waals surface area (Å²) in [6.45, 7) is 1.70. The molecule has 1 heterocycles. The molecule has 0 unspecified atom stereocenters. The number of hydrogen-bond acceptors (Lipinski definition) is 3. The summed E-state index contributed by atoms with van der Waals surface area (Å²) in [6.07, 6.45) is 4.34. The van der Waals surface area contributed by atoms with E-state index in [9.17, 15) is 0 Å². The first kappa shape index (κ1) is 13.7. The highest BCUT2D eigenvalue weighted by atomic mass is 79.9. The molecule has 1 aromatic heterocycles. The van der Waals surface area contributed by atoms with Crippen LogP contribution < -0.4 is 10.2 Å². The van der Waals surface area contributed by atoms with Crippen LogP contribution in [0.5, 0.6) is 0 Å².